The van der Waals surface area contributed by atoms with E-state index in [0.29, 0.717) is 24.7 Å². The van der Waals surface area contributed by atoms with E-state index in [1.54, 1.807) is 0 Å². The molecule has 6 nitrogen and oxygen atoms in total. The Morgan fingerprint density at radius 3 is 2.74 bits per heavy atom. The van der Waals surface area contributed by atoms with Gasteiger partial charge in [0.25, 0.3) is 0 Å². The molecule has 3 rings (SSSR count). The molecule has 1 aromatic rings. The second kappa shape index (κ2) is 7.81. The summed E-state index contributed by atoms with van der Waals surface area (Å²) in [4.78, 5) is 13.6. The number of piperidine rings is 1. The Labute approximate surface area is 138 Å². The Hall–Kier alpha value is -1.56. The van der Waals surface area contributed by atoms with E-state index in [-0.39, 0.29) is 6.09 Å². The van der Waals surface area contributed by atoms with Gasteiger partial charge in [-0.1, -0.05) is 12.8 Å². The molecule has 1 saturated carbocycles. The smallest absolute Gasteiger partial charge is 0.409 e. The molecule has 2 aliphatic rings. The van der Waals surface area contributed by atoms with Crippen molar-refractivity contribution in [1.29, 1.82) is 0 Å². The van der Waals surface area contributed by atoms with Gasteiger partial charge >= 0.3 is 6.09 Å². The van der Waals surface area contributed by atoms with Gasteiger partial charge < -0.3 is 15.0 Å². The lowest BCUT2D eigenvalue weighted by molar-refractivity contribution is 0.0921. The van der Waals surface area contributed by atoms with Crippen LogP contribution < -0.4 is 5.32 Å². The predicted octanol–water partition coefficient (Wildman–Crippen LogP) is 2.58. The number of ether oxygens (including phenoxy) is 1. The van der Waals surface area contributed by atoms with E-state index in [0.717, 1.165) is 25.9 Å². The summed E-state index contributed by atoms with van der Waals surface area (Å²) in [6.07, 6.45) is 10.8. The van der Waals surface area contributed by atoms with Crippen LogP contribution in [0.3, 0.4) is 0 Å². The lowest BCUT2D eigenvalue weighted by Crippen LogP contribution is -2.50. The number of aromatic nitrogens is 2. The summed E-state index contributed by atoms with van der Waals surface area (Å²) in [7, 11) is 0. The Morgan fingerprint density at radius 1 is 1.26 bits per heavy atom. The largest absolute Gasteiger partial charge is 0.450 e. The van der Waals surface area contributed by atoms with Gasteiger partial charge in [-0.25, -0.2) is 4.79 Å². The van der Waals surface area contributed by atoms with Crippen molar-refractivity contribution in [3.63, 3.8) is 0 Å². The molecule has 0 radical (unpaired) electrons. The fraction of sp³-hybridized carbons (Fsp3) is 0.765. The van der Waals surface area contributed by atoms with E-state index < -0.39 is 0 Å². The molecule has 0 unspecified atom stereocenters. The molecule has 1 aromatic heterocycles. The first-order valence-corrected chi connectivity index (χ1v) is 8.95. The zero-order chi connectivity index (χ0) is 16.1. The van der Waals surface area contributed by atoms with Crippen LogP contribution in [0.15, 0.2) is 18.5 Å². The average molecular weight is 320 g/mol. The van der Waals surface area contributed by atoms with Crippen LogP contribution in [0, 0.1) is 0 Å². The first kappa shape index (κ1) is 16.3. The molecule has 0 bridgehead atoms. The van der Waals surface area contributed by atoms with Crippen molar-refractivity contribution in [2.45, 2.75) is 63.6 Å². The molecule has 1 N–H and O–H groups in total. The molecule has 0 spiro atoms. The zero-order valence-electron chi connectivity index (χ0n) is 14.0. The lowest BCUT2D eigenvalue weighted by Gasteiger charge is -2.38. The first-order valence-electron chi connectivity index (χ1n) is 8.95. The molecule has 2 fully saturated rings. The van der Waals surface area contributed by atoms with E-state index in [1.807, 2.05) is 24.1 Å². The molecular weight excluding hydrogens is 292 g/mol. The summed E-state index contributed by atoms with van der Waals surface area (Å²) in [5.41, 5.74) is 0. The highest BCUT2D eigenvalue weighted by Gasteiger charge is 2.30. The fourth-order valence-electron chi connectivity index (χ4n) is 3.85. The van der Waals surface area contributed by atoms with Crippen molar-refractivity contribution in [2.24, 2.45) is 0 Å². The van der Waals surface area contributed by atoms with Gasteiger partial charge in [-0.2, -0.15) is 5.10 Å². The van der Waals surface area contributed by atoms with E-state index >= 15 is 0 Å². The van der Waals surface area contributed by atoms with Gasteiger partial charge in [0, 0.05) is 37.6 Å². The molecular formula is C17H28N4O2. The van der Waals surface area contributed by atoms with Crippen LogP contribution in [0.2, 0.25) is 0 Å². The Balaban J connectivity index is 1.52. The van der Waals surface area contributed by atoms with E-state index in [2.05, 4.69) is 21.3 Å². The second-order valence-electron chi connectivity index (χ2n) is 6.57. The van der Waals surface area contributed by atoms with Gasteiger partial charge in [-0.15, -0.1) is 0 Å². The second-order valence-corrected chi connectivity index (χ2v) is 6.57. The minimum atomic E-state index is -0.168. The summed E-state index contributed by atoms with van der Waals surface area (Å²) in [5, 5.41) is 8.29. The quantitative estimate of drug-likeness (QED) is 0.926. The predicted molar refractivity (Wildman–Crippen MR) is 88.3 cm³/mol. The molecule has 2 atom stereocenters. The highest BCUT2D eigenvalue weighted by Crippen LogP contribution is 2.29. The lowest BCUT2D eigenvalue weighted by atomic mass is 9.89. The zero-order valence-corrected chi connectivity index (χ0v) is 14.0. The summed E-state index contributed by atoms with van der Waals surface area (Å²) in [6, 6.07) is 3.44. The molecule has 6 heteroatoms. The SMILES string of the molecule is CCOC(=O)N1CCC(N[C@@H]2CCCC[C@@H]2n2cccn2)CC1. The fourth-order valence-corrected chi connectivity index (χ4v) is 3.85. The van der Waals surface area contributed by atoms with Crippen molar-refractivity contribution in [2.75, 3.05) is 19.7 Å². The van der Waals surface area contributed by atoms with Crippen molar-refractivity contribution >= 4 is 6.09 Å². The number of likely N-dealkylation sites (tertiary alicyclic amines) is 1. The van der Waals surface area contributed by atoms with Crippen LogP contribution in [0.5, 0.6) is 0 Å². The molecule has 128 valence electrons. The maximum atomic E-state index is 11.8. The number of rotatable bonds is 4. The third-order valence-corrected chi connectivity index (χ3v) is 5.06. The van der Waals surface area contributed by atoms with Gasteiger partial charge in [0.1, 0.15) is 0 Å². The molecule has 23 heavy (non-hydrogen) atoms. The number of hydrogen-bond acceptors (Lipinski definition) is 4. The van der Waals surface area contributed by atoms with Gasteiger partial charge in [0.2, 0.25) is 0 Å². The van der Waals surface area contributed by atoms with Crippen LogP contribution in [-0.2, 0) is 4.74 Å². The topological polar surface area (TPSA) is 59.4 Å². The third-order valence-electron chi connectivity index (χ3n) is 5.06. The molecule has 1 aliphatic carbocycles. The molecule has 2 heterocycles. The van der Waals surface area contributed by atoms with Gasteiger partial charge in [0.15, 0.2) is 0 Å². The van der Waals surface area contributed by atoms with Crippen molar-refractivity contribution < 1.29 is 9.53 Å². The summed E-state index contributed by atoms with van der Waals surface area (Å²) in [5.74, 6) is 0. The van der Waals surface area contributed by atoms with Crippen molar-refractivity contribution in [1.82, 2.24) is 20.0 Å². The summed E-state index contributed by atoms with van der Waals surface area (Å²) in [6.45, 7) is 3.88. The minimum Gasteiger partial charge on any atom is -0.450 e. The molecule has 1 aliphatic heterocycles. The molecule has 1 saturated heterocycles. The van der Waals surface area contributed by atoms with Gasteiger partial charge in [0.05, 0.1) is 12.6 Å². The van der Waals surface area contributed by atoms with Crippen LogP contribution in [0.1, 0.15) is 51.5 Å². The average Bonchev–Trinajstić information content (AvgIpc) is 3.10. The monoisotopic (exact) mass is 320 g/mol. The maximum Gasteiger partial charge on any atom is 0.409 e. The maximum absolute atomic E-state index is 11.8. The summed E-state index contributed by atoms with van der Waals surface area (Å²) < 4.78 is 7.20. The number of nitrogens with zero attached hydrogens (tertiary/aromatic N) is 3. The van der Waals surface area contributed by atoms with E-state index in [1.165, 1.54) is 25.7 Å². The van der Waals surface area contributed by atoms with Crippen LogP contribution >= 0.6 is 0 Å². The first-order chi connectivity index (χ1) is 11.3. The number of hydrogen-bond donors (Lipinski definition) is 1. The van der Waals surface area contributed by atoms with Crippen molar-refractivity contribution in [3.05, 3.63) is 18.5 Å². The highest BCUT2D eigenvalue weighted by molar-refractivity contribution is 5.67. The number of carbonyl (C=O) groups is 1. The normalized spacial score (nSPS) is 26.2. The van der Waals surface area contributed by atoms with Crippen LogP contribution in [0.4, 0.5) is 4.79 Å². The number of carbonyl (C=O) groups excluding carboxylic acids is 1. The molecule has 0 aromatic carbocycles. The molecule has 1 amide bonds. The van der Waals surface area contributed by atoms with Gasteiger partial charge in [-0.3, -0.25) is 4.68 Å². The Kier molecular flexibility index (Phi) is 5.54. The standard InChI is InChI=1S/C17H28N4O2/c1-2-23-17(22)20-12-8-14(9-13-20)19-15-6-3-4-7-16(15)21-11-5-10-18-21/h5,10-11,14-16,19H,2-4,6-9,12-13H2,1H3/t15-,16+/m1/s1. The minimum absolute atomic E-state index is 0.168. The number of nitrogens with one attached hydrogen (secondary N) is 1. The summed E-state index contributed by atoms with van der Waals surface area (Å²) >= 11 is 0. The number of amides is 1. The van der Waals surface area contributed by atoms with Crippen LogP contribution in [0.25, 0.3) is 0 Å². The van der Waals surface area contributed by atoms with Gasteiger partial charge in [-0.05, 0) is 38.7 Å². The van der Waals surface area contributed by atoms with E-state index in [9.17, 15) is 4.79 Å². The van der Waals surface area contributed by atoms with E-state index in [4.69, 9.17) is 4.74 Å². The van der Waals surface area contributed by atoms with Crippen molar-refractivity contribution in [3.8, 4) is 0 Å². The third kappa shape index (κ3) is 4.05. The highest BCUT2D eigenvalue weighted by atomic mass is 16.6. The Morgan fingerprint density at radius 2 is 2.04 bits per heavy atom. The Bertz CT molecular complexity index is 483. The van der Waals surface area contributed by atoms with Crippen LogP contribution in [-0.4, -0.2) is 52.6 Å².